The van der Waals surface area contributed by atoms with Crippen LogP contribution < -0.4 is 18.9 Å². The summed E-state index contributed by atoms with van der Waals surface area (Å²) in [5, 5.41) is 0. The highest BCUT2D eigenvalue weighted by Gasteiger charge is 2.68. The van der Waals surface area contributed by atoms with E-state index in [1.54, 1.807) is 0 Å². The number of ether oxygens (including phenoxy) is 4. The zero-order valence-corrected chi connectivity index (χ0v) is 33.2. The summed E-state index contributed by atoms with van der Waals surface area (Å²) in [6, 6.07) is 63.6. The van der Waals surface area contributed by atoms with Crippen LogP contribution in [0.4, 0.5) is 22.7 Å². The maximum Gasteiger partial charge on any atom is 0.714 e. The average molecular weight is 805 g/mol. The van der Waals surface area contributed by atoms with E-state index in [9.17, 15) is 0 Å². The van der Waals surface area contributed by atoms with Crippen LogP contribution in [-0.4, -0.2) is 55.2 Å². The molecule has 6 aliphatic heterocycles. The topological polar surface area (TPSA) is 49.0 Å². The zero-order chi connectivity index (χ0) is 40.8. The Bertz CT molecular complexity index is 3120. The van der Waals surface area contributed by atoms with Crippen molar-refractivity contribution in [2.24, 2.45) is 0 Å². The van der Waals surface area contributed by atoms with Crippen molar-refractivity contribution in [1.82, 2.24) is 0 Å². The van der Waals surface area contributed by atoms with Crippen molar-refractivity contribution < 1.29 is 37.2 Å². The van der Waals surface area contributed by atoms with Crippen LogP contribution in [0.15, 0.2) is 194 Å². The van der Waals surface area contributed by atoms with Crippen molar-refractivity contribution in [3.05, 3.63) is 216 Å². The standard InChI is InChI=1S/2C27H18N2O2/c1-3-11-21(12-4-1)28-17-19-9-7-15-23-24-16-8-10-20-18-29(22-13-5-2-6-14-22)27(28,30-25(19)23)31-26(20)24;1-3-9-22(10-4-1)28-17-20-15-14-19-16-25(20)30-27(28)29(23-11-5-2-6-12-23)18-21-8-7-13-24(19)26(21)31-27/h2*1-18H/q2*+2/t;27-/m.0/s1. The van der Waals surface area contributed by atoms with Gasteiger partial charge in [0.25, 0.3) is 0 Å². The van der Waals surface area contributed by atoms with E-state index in [-0.39, 0.29) is 0 Å². The van der Waals surface area contributed by atoms with Gasteiger partial charge in [0.1, 0.15) is 0 Å². The van der Waals surface area contributed by atoms with Gasteiger partial charge in [0, 0.05) is 65.2 Å². The van der Waals surface area contributed by atoms with Crippen LogP contribution in [0.5, 0.6) is 23.0 Å². The zero-order valence-electron chi connectivity index (χ0n) is 33.2. The fourth-order valence-electron chi connectivity index (χ4n) is 9.26. The molecule has 62 heavy (non-hydrogen) atoms. The number of fused-ring (bicyclic) bond motifs is 3. The Morgan fingerprint density at radius 3 is 1.06 bits per heavy atom. The number of para-hydroxylation sites is 7. The quantitative estimate of drug-likeness (QED) is 0.166. The smallest absolute Gasteiger partial charge is 0.340 e. The van der Waals surface area contributed by atoms with Crippen molar-refractivity contribution in [3.8, 4) is 45.3 Å². The Kier molecular flexibility index (Phi) is 7.27. The number of hydrogen-bond acceptors (Lipinski definition) is 4. The molecule has 8 aromatic rings. The Morgan fingerprint density at radius 2 is 0.645 bits per heavy atom. The van der Waals surface area contributed by atoms with Crippen LogP contribution in [0.25, 0.3) is 22.3 Å². The third-order valence-corrected chi connectivity index (χ3v) is 12.1. The van der Waals surface area contributed by atoms with E-state index in [0.29, 0.717) is 0 Å². The molecular formula is C54H36N4O4+4. The normalized spacial score (nSPS) is 17.8. The minimum atomic E-state index is -1.22. The van der Waals surface area contributed by atoms with E-state index in [4.69, 9.17) is 18.9 Å². The lowest BCUT2D eigenvalue weighted by molar-refractivity contribution is -0.856. The van der Waals surface area contributed by atoms with E-state index >= 15 is 0 Å². The summed E-state index contributed by atoms with van der Waals surface area (Å²) in [5.41, 5.74) is 12.2. The van der Waals surface area contributed by atoms with Crippen molar-refractivity contribution in [2.45, 2.75) is 12.1 Å². The molecule has 0 fully saturated rings. The lowest BCUT2D eigenvalue weighted by atomic mass is 9.98. The maximum absolute atomic E-state index is 6.86. The second-order valence-electron chi connectivity index (χ2n) is 15.8. The van der Waals surface area contributed by atoms with Gasteiger partial charge in [-0.3, -0.25) is 0 Å². The average Bonchev–Trinajstić information content (AvgIpc) is 3.47. The van der Waals surface area contributed by atoms with E-state index in [2.05, 4.69) is 164 Å². The predicted molar refractivity (Wildman–Crippen MR) is 238 cm³/mol. The maximum atomic E-state index is 6.86. The molecule has 6 aliphatic rings. The number of hydrogen-bond donors (Lipinski definition) is 0. The van der Waals surface area contributed by atoms with E-state index in [1.807, 2.05) is 72.8 Å². The van der Waals surface area contributed by atoms with Crippen LogP contribution in [0.3, 0.4) is 0 Å². The first-order chi connectivity index (χ1) is 30.6. The fraction of sp³-hybridized carbons (Fsp3) is 0.0370. The van der Waals surface area contributed by atoms with Gasteiger partial charge in [-0.15, -0.1) is 0 Å². The summed E-state index contributed by atoms with van der Waals surface area (Å²) in [6.07, 6.45) is 8.48. The molecular weight excluding hydrogens is 769 g/mol. The number of rotatable bonds is 4. The number of benzene rings is 8. The lowest BCUT2D eigenvalue weighted by Crippen LogP contribution is -2.62. The van der Waals surface area contributed by atoms with Crippen LogP contribution in [0, 0.1) is 0 Å². The highest BCUT2D eigenvalue weighted by Crippen LogP contribution is 2.51. The minimum Gasteiger partial charge on any atom is -0.340 e. The van der Waals surface area contributed by atoms with E-state index < -0.39 is 12.1 Å². The van der Waals surface area contributed by atoms with Crippen molar-refractivity contribution in [3.63, 3.8) is 0 Å². The largest absolute Gasteiger partial charge is 0.714 e. The first-order valence-corrected chi connectivity index (χ1v) is 20.7. The summed E-state index contributed by atoms with van der Waals surface area (Å²) >= 11 is 0. The summed E-state index contributed by atoms with van der Waals surface area (Å²) in [6.45, 7) is 0. The summed E-state index contributed by atoms with van der Waals surface area (Å²) in [7, 11) is 0. The molecule has 6 heterocycles. The monoisotopic (exact) mass is 804 g/mol. The lowest BCUT2D eigenvalue weighted by Gasteiger charge is -2.33. The molecule has 0 amide bonds. The Hall–Kier alpha value is -8.36. The highest BCUT2D eigenvalue weighted by molar-refractivity contribution is 5.94. The molecule has 1 atom stereocenters. The van der Waals surface area contributed by atoms with Gasteiger partial charge in [-0.1, -0.05) is 134 Å². The highest BCUT2D eigenvalue weighted by atomic mass is 16.8. The second-order valence-corrected chi connectivity index (χ2v) is 15.8. The van der Waals surface area contributed by atoms with Gasteiger partial charge in [-0.05, 0) is 35.9 Å². The van der Waals surface area contributed by atoms with E-state index in [1.165, 1.54) is 0 Å². The first kappa shape index (κ1) is 34.5. The molecule has 0 saturated heterocycles. The van der Waals surface area contributed by atoms with Gasteiger partial charge < -0.3 is 18.9 Å². The third kappa shape index (κ3) is 5.01. The summed E-state index contributed by atoms with van der Waals surface area (Å²) < 4.78 is 35.6. The molecule has 0 N–H and O–H groups in total. The Morgan fingerprint density at radius 1 is 0.290 bits per heavy atom. The number of nitrogens with zero attached hydrogens (tertiary/aromatic N) is 4. The molecule has 2 spiro atoms. The molecule has 0 radical (unpaired) electrons. The summed E-state index contributed by atoms with van der Waals surface area (Å²) in [5.74, 6) is 3.30. The molecule has 8 nitrogen and oxygen atoms in total. The first-order valence-electron chi connectivity index (χ1n) is 20.7. The fourth-order valence-corrected chi connectivity index (χ4v) is 9.26. The molecule has 14 rings (SSSR count). The SMILES string of the molecule is C1=[N+](c2ccccc2)C23Oc4c1cccc4-c1cccc(c1O2)C=[N+]3c1ccccc1.C1=[N+](c2ccccc2)[C@]23Oc4cc(ccc41)-c1cccc(c1O2)C=[N+]3c1ccccc1. The molecule has 8 aromatic carbocycles. The van der Waals surface area contributed by atoms with Gasteiger partial charge >= 0.3 is 12.1 Å². The molecule has 7 bridgehead atoms. The second kappa shape index (κ2) is 13.1. The van der Waals surface area contributed by atoms with Gasteiger partial charge in [-0.25, -0.2) is 0 Å². The van der Waals surface area contributed by atoms with Crippen molar-refractivity contribution in [2.75, 3.05) is 0 Å². The van der Waals surface area contributed by atoms with Crippen LogP contribution >= 0.6 is 0 Å². The molecule has 292 valence electrons. The Balaban J connectivity index is 0.000000126. The summed E-state index contributed by atoms with van der Waals surface area (Å²) in [4.78, 5) is 0. The van der Waals surface area contributed by atoms with Crippen LogP contribution in [-0.2, 0) is 0 Å². The predicted octanol–water partition coefficient (Wildman–Crippen LogP) is 10.6. The molecule has 8 heteroatoms. The molecule has 0 aromatic heterocycles. The Labute approximate surface area is 357 Å². The van der Waals surface area contributed by atoms with E-state index in [0.717, 1.165) is 90.3 Å². The minimum absolute atomic E-state index is 0.803. The van der Waals surface area contributed by atoms with Crippen molar-refractivity contribution >= 4 is 47.6 Å². The van der Waals surface area contributed by atoms with Gasteiger partial charge in [0.2, 0.25) is 22.7 Å². The third-order valence-electron chi connectivity index (χ3n) is 12.1. The van der Waals surface area contributed by atoms with Gasteiger partial charge in [-0.2, -0.15) is 0 Å². The van der Waals surface area contributed by atoms with Crippen LogP contribution in [0.2, 0.25) is 0 Å². The van der Waals surface area contributed by atoms with Gasteiger partial charge in [0.15, 0.2) is 47.9 Å². The molecule has 0 aliphatic carbocycles. The molecule has 0 unspecified atom stereocenters. The van der Waals surface area contributed by atoms with Crippen molar-refractivity contribution in [1.29, 1.82) is 0 Å². The van der Waals surface area contributed by atoms with Crippen LogP contribution in [0.1, 0.15) is 22.3 Å². The van der Waals surface area contributed by atoms with Gasteiger partial charge in [0.05, 0.1) is 22.3 Å². The molecule has 0 saturated carbocycles.